The van der Waals surface area contributed by atoms with Crippen LogP contribution in [0.25, 0.3) is 0 Å². The highest BCUT2D eigenvalue weighted by atomic mass is 35.5. The van der Waals surface area contributed by atoms with E-state index in [1.807, 2.05) is 20.8 Å². The van der Waals surface area contributed by atoms with Crippen molar-refractivity contribution in [1.29, 1.82) is 0 Å². The van der Waals surface area contributed by atoms with Crippen LogP contribution >= 0.6 is 22.9 Å². The van der Waals surface area contributed by atoms with Gasteiger partial charge in [-0.3, -0.25) is 4.79 Å². The van der Waals surface area contributed by atoms with E-state index in [0.717, 1.165) is 11.3 Å². The Morgan fingerprint density at radius 2 is 1.87 bits per heavy atom. The zero-order valence-electron chi connectivity index (χ0n) is 16.5. The van der Waals surface area contributed by atoms with Gasteiger partial charge in [0.25, 0.3) is 11.7 Å². The Balaban J connectivity index is 2.01. The monoisotopic (exact) mass is 452 g/mol. The molecule has 158 valence electrons. The summed E-state index contributed by atoms with van der Waals surface area (Å²) in [6.45, 7) is 7.06. The topological polar surface area (TPSA) is 109 Å². The molecule has 30 heavy (non-hydrogen) atoms. The lowest BCUT2D eigenvalue weighted by Crippen LogP contribution is -2.35. The first-order valence-electron chi connectivity index (χ1n) is 8.82. The lowest BCUT2D eigenvalue weighted by Gasteiger charge is -2.25. The van der Waals surface area contributed by atoms with Crippen LogP contribution in [0.5, 0.6) is 0 Å². The molecule has 1 N–H and O–H groups in total. The molecule has 0 aliphatic heterocycles. The molecule has 8 nitrogen and oxygen atoms in total. The van der Waals surface area contributed by atoms with Crippen molar-refractivity contribution in [2.45, 2.75) is 39.2 Å². The number of aliphatic carboxylic acids is 1. The molecule has 0 bridgehead atoms. The Morgan fingerprint density at radius 1 is 1.23 bits per heavy atom. The molecule has 1 atom stereocenters. The fourth-order valence-corrected chi connectivity index (χ4v) is 3.79. The minimum Gasteiger partial charge on any atom is -0.480 e. The van der Waals surface area contributed by atoms with Gasteiger partial charge >= 0.3 is 5.97 Å². The predicted octanol–water partition coefficient (Wildman–Crippen LogP) is 4.46. The number of carboxylic acids is 1. The minimum absolute atomic E-state index is 0.0282. The molecular weight excluding hydrogens is 435 g/mol. The van der Waals surface area contributed by atoms with Crippen LogP contribution in [0.2, 0.25) is 5.15 Å². The van der Waals surface area contributed by atoms with E-state index in [2.05, 4.69) is 15.1 Å². The van der Waals surface area contributed by atoms with E-state index in [4.69, 9.17) is 16.1 Å². The van der Waals surface area contributed by atoms with Crippen molar-refractivity contribution < 1.29 is 23.6 Å². The van der Waals surface area contributed by atoms with Crippen LogP contribution < -0.4 is 4.90 Å². The number of carboxylic acid groups (broad SMARTS) is 1. The number of benzene rings is 1. The maximum Gasteiger partial charge on any atom is 0.326 e. The van der Waals surface area contributed by atoms with Gasteiger partial charge in [-0.25, -0.2) is 14.2 Å². The molecule has 0 aliphatic rings. The Kier molecular flexibility index (Phi) is 5.91. The van der Waals surface area contributed by atoms with Crippen LogP contribution in [0, 0.1) is 5.82 Å². The molecule has 0 saturated heterocycles. The summed E-state index contributed by atoms with van der Waals surface area (Å²) in [5.74, 6) is -2.10. The fraction of sp³-hybridized carbons (Fsp3) is 0.316. The van der Waals surface area contributed by atoms with Gasteiger partial charge in [0.15, 0.2) is 16.1 Å². The molecule has 11 heteroatoms. The third kappa shape index (κ3) is 4.34. The molecule has 0 radical (unpaired) electrons. The third-order valence-corrected chi connectivity index (χ3v) is 5.57. The lowest BCUT2D eigenvalue weighted by atomic mass is 9.96. The summed E-state index contributed by atoms with van der Waals surface area (Å²) in [4.78, 5) is 34.1. The van der Waals surface area contributed by atoms with Crippen molar-refractivity contribution in [2.24, 2.45) is 0 Å². The summed E-state index contributed by atoms with van der Waals surface area (Å²) in [5, 5.41) is 13.4. The largest absolute Gasteiger partial charge is 0.480 e. The molecule has 1 aromatic carbocycles. The molecule has 0 spiro atoms. The number of halogens is 2. The number of anilines is 2. The van der Waals surface area contributed by atoms with Gasteiger partial charge in [-0.05, 0) is 31.2 Å². The number of carbonyl (C=O) groups is 2. The van der Waals surface area contributed by atoms with Gasteiger partial charge in [0.05, 0.1) is 0 Å². The lowest BCUT2D eigenvalue weighted by molar-refractivity contribution is -0.138. The number of rotatable bonds is 6. The standard InChI is InChI=1S/C19H18ClFN4O4S/c1-9(16(27)28)25(11-7-5-10(21)6-8-11)18-22-14(20)13(30-18)12(26)15-23-17(24-29-15)19(2,3)4/h5-9H,1-4H3,(H,27,28). The van der Waals surface area contributed by atoms with Crippen molar-refractivity contribution >= 4 is 45.5 Å². The Hall–Kier alpha value is -2.85. The SMILES string of the molecule is CC(C(=O)O)N(c1ccc(F)cc1)c1nc(Cl)c(C(=O)c2nc(C(C)(C)C)no2)s1. The first-order chi connectivity index (χ1) is 14.0. The number of aromatic nitrogens is 3. The average molecular weight is 453 g/mol. The molecule has 0 saturated carbocycles. The molecule has 3 aromatic rings. The van der Waals surface area contributed by atoms with E-state index in [9.17, 15) is 19.1 Å². The maximum absolute atomic E-state index is 13.3. The predicted molar refractivity (Wildman–Crippen MR) is 109 cm³/mol. The van der Waals surface area contributed by atoms with E-state index in [0.29, 0.717) is 11.5 Å². The number of hydrogen-bond donors (Lipinski definition) is 1. The van der Waals surface area contributed by atoms with Crippen molar-refractivity contribution in [3.05, 3.63) is 51.8 Å². The fourth-order valence-electron chi connectivity index (χ4n) is 2.46. The zero-order chi connectivity index (χ0) is 22.2. The van der Waals surface area contributed by atoms with Gasteiger partial charge in [-0.2, -0.15) is 4.98 Å². The number of hydrogen-bond acceptors (Lipinski definition) is 8. The highest BCUT2D eigenvalue weighted by Crippen LogP contribution is 2.36. The third-order valence-electron chi connectivity index (χ3n) is 4.13. The summed E-state index contributed by atoms with van der Waals surface area (Å²) in [6, 6.07) is 4.17. The van der Waals surface area contributed by atoms with Gasteiger partial charge < -0.3 is 14.5 Å². The van der Waals surface area contributed by atoms with Crippen LogP contribution in [0.1, 0.15) is 49.1 Å². The van der Waals surface area contributed by atoms with Gasteiger partial charge in [0.2, 0.25) is 0 Å². The Labute approximate surface area is 180 Å². The number of nitrogens with zero attached hydrogens (tertiary/aromatic N) is 4. The molecule has 2 aromatic heterocycles. The van der Waals surface area contributed by atoms with E-state index < -0.39 is 29.0 Å². The summed E-state index contributed by atoms with van der Waals surface area (Å²) in [7, 11) is 0. The molecule has 0 amide bonds. The van der Waals surface area contributed by atoms with Crippen LogP contribution in [-0.2, 0) is 10.2 Å². The zero-order valence-corrected chi connectivity index (χ0v) is 18.1. The van der Waals surface area contributed by atoms with E-state index in [1.165, 1.54) is 36.1 Å². The first-order valence-corrected chi connectivity index (χ1v) is 10.0. The molecule has 0 fully saturated rings. The summed E-state index contributed by atoms with van der Waals surface area (Å²) in [5.41, 5.74) is -0.0374. The van der Waals surface area contributed by atoms with Gasteiger partial charge in [-0.1, -0.05) is 48.9 Å². The van der Waals surface area contributed by atoms with Crippen molar-refractivity contribution in [3.8, 4) is 0 Å². The van der Waals surface area contributed by atoms with Gasteiger partial charge in [0, 0.05) is 11.1 Å². The van der Waals surface area contributed by atoms with E-state index in [1.54, 1.807) is 0 Å². The Bertz CT molecular complexity index is 1090. The molecule has 3 rings (SSSR count). The number of ketones is 1. The molecule has 2 heterocycles. The van der Waals surface area contributed by atoms with E-state index in [-0.39, 0.29) is 21.1 Å². The highest BCUT2D eigenvalue weighted by molar-refractivity contribution is 7.18. The second-order valence-corrected chi connectivity index (χ2v) is 8.81. The smallest absolute Gasteiger partial charge is 0.326 e. The normalized spacial score (nSPS) is 12.6. The van der Waals surface area contributed by atoms with Gasteiger partial charge in [-0.15, -0.1) is 0 Å². The molecular formula is C19H18ClFN4O4S. The first kappa shape index (κ1) is 21.8. The minimum atomic E-state index is -1.13. The van der Waals surface area contributed by atoms with Crippen molar-refractivity contribution in [2.75, 3.05) is 4.90 Å². The van der Waals surface area contributed by atoms with Crippen molar-refractivity contribution in [1.82, 2.24) is 15.1 Å². The second kappa shape index (κ2) is 8.11. The summed E-state index contributed by atoms with van der Waals surface area (Å²) >= 11 is 7.06. The number of thiazole rings is 1. The highest BCUT2D eigenvalue weighted by Gasteiger charge is 2.31. The van der Waals surface area contributed by atoms with Crippen LogP contribution in [0.3, 0.4) is 0 Å². The van der Waals surface area contributed by atoms with Crippen LogP contribution in [-0.4, -0.2) is 38.0 Å². The molecule has 0 aliphatic carbocycles. The quantitative estimate of drug-likeness (QED) is 0.546. The summed E-state index contributed by atoms with van der Waals surface area (Å²) in [6.07, 6.45) is 0. The molecule has 1 unspecified atom stereocenters. The maximum atomic E-state index is 13.3. The Morgan fingerprint density at radius 3 is 2.40 bits per heavy atom. The average Bonchev–Trinajstić information content (AvgIpc) is 3.30. The van der Waals surface area contributed by atoms with E-state index >= 15 is 0 Å². The number of carbonyl (C=O) groups excluding carboxylic acids is 1. The van der Waals surface area contributed by atoms with Gasteiger partial charge in [0.1, 0.15) is 16.7 Å². The van der Waals surface area contributed by atoms with Crippen molar-refractivity contribution in [3.63, 3.8) is 0 Å². The summed E-state index contributed by atoms with van der Waals surface area (Å²) < 4.78 is 18.4. The van der Waals surface area contributed by atoms with Crippen LogP contribution in [0.15, 0.2) is 28.8 Å². The van der Waals surface area contributed by atoms with Crippen LogP contribution in [0.4, 0.5) is 15.2 Å². The second-order valence-electron chi connectivity index (χ2n) is 7.48.